The second-order valence-electron chi connectivity index (χ2n) is 7.77. The van der Waals surface area contributed by atoms with Crippen LogP contribution in [0, 0.1) is 5.82 Å². The van der Waals surface area contributed by atoms with E-state index in [-0.39, 0.29) is 12.1 Å². The number of hydrogen-bond donors (Lipinski definition) is 0. The summed E-state index contributed by atoms with van der Waals surface area (Å²) in [6.07, 6.45) is -0.167. The molecule has 3 aromatic carbocycles. The average molecular weight is 449 g/mol. The highest BCUT2D eigenvalue weighted by Gasteiger charge is 2.57. The van der Waals surface area contributed by atoms with Crippen molar-refractivity contribution in [2.45, 2.75) is 12.1 Å². The van der Waals surface area contributed by atoms with Gasteiger partial charge in [-0.25, -0.2) is 9.29 Å². The van der Waals surface area contributed by atoms with E-state index in [4.69, 9.17) is 0 Å². The molecule has 1 atom stereocenters. The number of anilines is 3. The second-order valence-corrected chi connectivity index (χ2v) is 10.5. The van der Waals surface area contributed by atoms with E-state index < -0.39 is 30.7 Å². The van der Waals surface area contributed by atoms with Crippen molar-refractivity contribution in [1.82, 2.24) is 0 Å². The molecule has 6 nitrogen and oxygen atoms in total. The number of imide groups is 1. The summed E-state index contributed by atoms with van der Waals surface area (Å²) in [5.74, 6) is -1.41. The lowest BCUT2D eigenvalue weighted by atomic mass is 10.3. The van der Waals surface area contributed by atoms with Gasteiger partial charge in [-0.2, -0.15) is 0 Å². The van der Waals surface area contributed by atoms with Gasteiger partial charge in [-0.1, -0.05) is 36.4 Å². The largest absolute Gasteiger partial charge is 0.304 e. The number of halogens is 1. The Morgan fingerprint density at radius 1 is 0.719 bits per heavy atom. The summed E-state index contributed by atoms with van der Waals surface area (Å²) < 4.78 is 31.8. The highest BCUT2D eigenvalue weighted by Crippen LogP contribution is 2.65. The van der Waals surface area contributed by atoms with Gasteiger partial charge >= 0.3 is 0 Å². The van der Waals surface area contributed by atoms with E-state index in [1.54, 1.807) is 9.34 Å². The topological polar surface area (TPSA) is 60.9 Å². The zero-order chi connectivity index (χ0) is 22.3. The third-order valence-corrected chi connectivity index (χ3v) is 9.40. The van der Waals surface area contributed by atoms with Gasteiger partial charge in [0, 0.05) is 30.9 Å². The molecule has 2 saturated heterocycles. The Bertz CT molecular complexity index is 1150. The average Bonchev–Trinajstić information content (AvgIpc) is 3.32. The van der Waals surface area contributed by atoms with Crippen molar-refractivity contribution in [3.8, 4) is 0 Å². The van der Waals surface area contributed by atoms with Crippen molar-refractivity contribution >= 4 is 36.3 Å². The van der Waals surface area contributed by atoms with Crippen LogP contribution in [0.4, 0.5) is 21.5 Å². The molecule has 162 valence electrons. The molecule has 0 aromatic heterocycles. The molecule has 2 aliphatic heterocycles. The summed E-state index contributed by atoms with van der Waals surface area (Å²) in [5.41, 5.74) is 0.750. The lowest BCUT2D eigenvalue weighted by molar-refractivity contribution is -0.121. The fourth-order valence-electron chi connectivity index (χ4n) is 4.47. The number of carbonyl (C=O) groups excluding carboxylic acids is 2. The standard InChI is InChI=1S/C24H21FN3O3P/c25-18-11-13-21(14-12-18)28-23(29)17-22(24(28)30)32(31)26(19-7-3-1-4-8-19)15-16-27(32)20-9-5-2-6-10-20/h1-14,22H,15-17H2. The number of para-hydroxylation sites is 2. The first-order valence-corrected chi connectivity index (χ1v) is 12.1. The lowest BCUT2D eigenvalue weighted by Gasteiger charge is -2.35. The van der Waals surface area contributed by atoms with Gasteiger partial charge in [0.2, 0.25) is 11.8 Å². The summed E-state index contributed by atoms with van der Waals surface area (Å²) in [4.78, 5) is 27.5. The molecule has 0 bridgehead atoms. The van der Waals surface area contributed by atoms with Gasteiger partial charge < -0.3 is 9.34 Å². The monoisotopic (exact) mass is 449 g/mol. The maximum atomic E-state index is 14.9. The highest BCUT2D eigenvalue weighted by molar-refractivity contribution is 7.69. The van der Waals surface area contributed by atoms with Gasteiger partial charge in [0.15, 0.2) is 0 Å². The van der Waals surface area contributed by atoms with Crippen LogP contribution in [0.2, 0.25) is 0 Å². The van der Waals surface area contributed by atoms with E-state index in [0.29, 0.717) is 13.1 Å². The first-order chi connectivity index (χ1) is 15.5. The first-order valence-electron chi connectivity index (χ1n) is 10.4. The van der Waals surface area contributed by atoms with Gasteiger partial charge in [-0.15, -0.1) is 0 Å². The van der Waals surface area contributed by atoms with Crippen molar-refractivity contribution in [2.75, 3.05) is 27.3 Å². The second kappa shape index (κ2) is 7.92. The summed E-state index contributed by atoms with van der Waals surface area (Å²) in [6, 6.07) is 23.8. The molecule has 1 unspecified atom stereocenters. The Labute approximate surface area is 185 Å². The van der Waals surface area contributed by atoms with Gasteiger partial charge in [0.25, 0.3) is 7.44 Å². The molecule has 0 spiro atoms. The van der Waals surface area contributed by atoms with Crippen LogP contribution in [0.5, 0.6) is 0 Å². The van der Waals surface area contributed by atoms with Crippen LogP contribution in [-0.2, 0) is 14.2 Å². The van der Waals surface area contributed by atoms with Gasteiger partial charge in [0.1, 0.15) is 11.5 Å². The molecule has 5 rings (SSSR count). The molecule has 2 fully saturated rings. The van der Waals surface area contributed by atoms with Gasteiger partial charge in [0.05, 0.1) is 5.69 Å². The fourth-order valence-corrected chi connectivity index (χ4v) is 7.88. The summed E-state index contributed by atoms with van der Waals surface area (Å²) >= 11 is 0. The Morgan fingerprint density at radius 2 is 1.22 bits per heavy atom. The van der Waals surface area contributed by atoms with Crippen molar-refractivity contribution in [1.29, 1.82) is 0 Å². The van der Waals surface area contributed by atoms with Crippen LogP contribution >= 0.6 is 7.44 Å². The molecule has 32 heavy (non-hydrogen) atoms. The smallest absolute Gasteiger partial charge is 0.275 e. The third-order valence-electron chi connectivity index (χ3n) is 5.94. The molecule has 0 saturated carbocycles. The van der Waals surface area contributed by atoms with E-state index in [1.165, 1.54) is 24.3 Å². The molecule has 0 N–H and O–H groups in total. The predicted octanol–water partition coefficient (Wildman–Crippen LogP) is 4.68. The molecule has 2 heterocycles. The minimum Gasteiger partial charge on any atom is -0.304 e. The van der Waals surface area contributed by atoms with Crippen LogP contribution in [0.25, 0.3) is 0 Å². The number of carbonyl (C=O) groups is 2. The predicted molar refractivity (Wildman–Crippen MR) is 122 cm³/mol. The van der Waals surface area contributed by atoms with E-state index in [2.05, 4.69) is 0 Å². The normalized spacial score (nSPS) is 20.3. The molecular weight excluding hydrogens is 428 g/mol. The van der Waals surface area contributed by atoms with Crippen molar-refractivity contribution in [2.24, 2.45) is 0 Å². The summed E-state index contributed by atoms with van der Waals surface area (Å²) in [7, 11) is -3.56. The van der Waals surface area contributed by atoms with E-state index in [0.717, 1.165) is 16.3 Å². The Morgan fingerprint density at radius 3 is 1.72 bits per heavy atom. The molecule has 8 heteroatoms. The van der Waals surface area contributed by atoms with Crippen LogP contribution in [0.3, 0.4) is 0 Å². The van der Waals surface area contributed by atoms with Gasteiger partial charge in [-0.05, 0) is 48.5 Å². The molecule has 2 aliphatic rings. The quantitative estimate of drug-likeness (QED) is 0.428. The SMILES string of the molecule is O=C1CC(P2(=O)N(c3ccccc3)CCN2c2ccccc2)C(=O)N1c1ccc(F)cc1. The Kier molecular flexibility index (Phi) is 5.06. The van der Waals surface area contributed by atoms with Crippen molar-refractivity contribution < 1.29 is 18.5 Å². The van der Waals surface area contributed by atoms with Crippen LogP contribution in [0.15, 0.2) is 84.9 Å². The summed E-state index contributed by atoms with van der Waals surface area (Å²) in [5, 5.41) is 0. The van der Waals surface area contributed by atoms with Crippen molar-refractivity contribution in [3.05, 3.63) is 90.7 Å². The van der Waals surface area contributed by atoms with Crippen LogP contribution in [-0.4, -0.2) is 30.6 Å². The number of benzene rings is 3. The fraction of sp³-hybridized carbons (Fsp3) is 0.167. The van der Waals surface area contributed by atoms with E-state index in [9.17, 15) is 18.5 Å². The number of hydrogen-bond acceptors (Lipinski definition) is 3. The first kappa shape index (κ1) is 20.5. The zero-order valence-corrected chi connectivity index (χ0v) is 18.1. The maximum absolute atomic E-state index is 14.9. The molecule has 3 aromatic rings. The lowest BCUT2D eigenvalue weighted by Crippen LogP contribution is -2.36. The Hall–Kier alpha value is -3.44. The molecule has 2 amide bonds. The minimum atomic E-state index is -3.56. The highest BCUT2D eigenvalue weighted by atomic mass is 31.2. The van der Waals surface area contributed by atoms with Crippen LogP contribution in [0.1, 0.15) is 6.42 Å². The summed E-state index contributed by atoms with van der Waals surface area (Å²) in [6.45, 7) is 0.926. The van der Waals surface area contributed by atoms with E-state index >= 15 is 0 Å². The molecule has 0 radical (unpaired) electrons. The Balaban J connectivity index is 1.59. The maximum Gasteiger partial charge on any atom is 0.275 e. The third kappa shape index (κ3) is 3.21. The molecular formula is C24H21FN3O3P. The number of rotatable bonds is 4. The van der Waals surface area contributed by atoms with Crippen LogP contribution < -0.4 is 14.2 Å². The number of nitrogens with zero attached hydrogens (tertiary/aromatic N) is 3. The number of amides is 2. The molecule has 0 aliphatic carbocycles. The zero-order valence-electron chi connectivity index (χ0n) is 17.2. The van der Waals surface area contributed by atoms with Crippen molar-refractivity contribution in [3.63, 3.8) is 0 Å². The van der Waals surface area contributed by atoms with Gasteiger partial charge in [-0.3, -0.25) is 14.2 Å². The van der Waals surface area contributed by atoms with E-state index in [1.807, 2.05) is 60.7 Å². The minimum absolute atomic E-state index is 0.167.